The van der Waals surface area contributed by atoms with E-state index >= 15 is 0 Å². The summed E-state index contributed by atoms with van der Waals surface area (Å²) in [5.74, 6) is -0.524. The number of nitro groups is 4. The zero-order chi connectivity index (χ0) is 49.5. The first-order chi connectivity index (χ1) is 31.5. The number of aromatic nitrogens is 8. The standard InChI is InChI=1S/C48H46N12O8/c1-45(2,3)21-13-25-33(29(17-21)57(61)62)41-51-37(25)49-38-26-14-22(46(4,5)6)18-30(58(63)64)34(26)43(52-38)56-44-36-28(16-24(48(10,11)12)20-32(36)60(67)68)40(54-44)50-39-27-15-23(47(7,8)9)19-31(59(65)66)35(27)42(53-39)55-41/h13-20H,1-12H3,(H2,49,50,51,52,53,54,55,56). The second-order valence-electron chi connectivity index (χ2n) is 21.3. The number of nitrogens with zero attached hydrogens (tertiary/aromatic N) is 10. The highest BCUT2D eigenvalue weighted by molar-refractivity contribution is 6.12. The molecule has 5 heterocycles. The average Bonchev–Trinajstić information content (AvgIpc) is 3.96. The number of H-pyrrole nitrogens is 2. The van der Waals surface area contributed by atoms with Crippen LogP contribution in [0.4, 0.5) is 22.7 Å². The summed E-state index contributed by atoms with van der Waals surface area (Å²) in [6.07, 6.45) is 0. The molecule has 2 aliphatic rings. The van der Waals surface area contributed by atoms with Crippen LogP contribution in [0.15, 0.2) is 48.5 Å². The molecule has 20 nitrogen and oxygen atoms in total. The Hall–Kier alpha value is -8.16. The molecule has 0 radical (unpaired) electrons. The van der Waals surface area contributed by atoms with Crippen molar-refractivity contribution in [1.82, 2.24) is 39.9 Å². The molecule has 2 N–H and O–H groups in total. The average molecular weight is 919 g/mol. The molecule has 68 heavy (non-hydrogen) atoms. The fourth-order valence-electron chi connectivity index (χ4n) is 8.53. The first-order valence-corrected chi connectivity index (χ1v) is 21.7. The van der Waals surface area contributed by atoms with Crippen molar-refractivity contribution in [3.05, 3.63) is 111 Å². The van der Waals surface area contributed by atoms with Gasteiger partial charge in [0.2, 0.25) is 0 Å². The van der Waals surface area contributed by atoms with Crippen molar-refractivity contribution >= 4 is 66.9 Å². The number of hydrogen-bond donors (Lipinski definition) is 2. The van der Waals surface area contributed by atoms with Crippen LogP contribution in [-0.4, -0.2) is 59.6 Å². The monoisotopic (exact) mass is 918 g/mol. The lowest BCUT2D eigenvalue weighted by molar-refractivity contribution is -0.384. The van der Waals surface area contributed by atoms with Crippen LogP contribution in [0.1, 0.15) is 105 Å². The van der Waals surface area contributed by atoms with Crippen molar-refractivity contribution in [1.29, 1.82) is 0 Å². The topological polar surface area (TPSA) is 281 Å². The van der Waals surface area contributed by atoms with Gasteiger partial charge in [0, 0.05) is 46.2 Å². The number of fused-ring (bicyclic) bond motifs is 20. The summed E-state index contributed by atoms with van der Waals surface area (Å²) in [6.45, 7) is 22.7. The first kappa shape index (κ1) is 45.0. The molecule has 0 aliphatic carbocycles. The SMILES string of the molecule is CC(C)(C)c1cc2c(c([N+](=O)[O-])c1)-c1nc-2nc2[nH]c(nc3nc(nc4[nH]c(n1)c1c([N+](=O)[O-])cc(C(C)(C)C)cc41)-c1cc(C(C)(C)C)cc([N+](=O)[O-])c1-3)c1c([N+](=O)[O-])cc(C(C)(C)C)cc21. The number of benzene rings is 4. The third-order valence-electron chi connectivity index (χ3n) is 12.4. The molecule has 346 valence electrons. The molecule has 2 aliphatic heterocycles. The third kappa shape index (κ3) is 7.31. The zero-order valence-electron chi connectivity index (χ0n) is 39.4. The lowest BCUT2D eigenvalue weighted by atomic mass is 9.84. The lowest BCUT2D eigenvalue weighted by Gasteiger charge is -2.19. The van der Waals surface area contributed by atoms with Gasteiger partial charge in [-0.25, -0.2) is 29.9 Å². The molecule has 9 rings (SSSR count). The van der Waals surface area contributed by atoms with Crippen molar-refractivity contribution in [2.75, 3.05) is 0 Å². The Kier molecular flexibility index (Phi) is 9.71. The van der Waals surface area contributed by atoms with Gasteiger partial charge in [-0.3, -0.25) is 40.5 Å². The van der Waals surface area contributed by atoms with E-state index in [9.17, 15) is 40.5 Å². The summed E-state index contributed by atoms with van der Waals surface area (Å²) in [5.41, 5.74) is -1.36. The Balaban J connectivity index is 1.60. The van der Waals surface area contributed by atoms with Gasteiger partial charge in [0.15, 0.2) is 23.3 Å². The summed E-state index contributed by atoms with van der Waals surface area (Å²) in [4.78, 5) is 85.7. The smallest absolute Gasteiger partial charge is 0.281 e. The van der Waals surface area contributed by atoms with E-state index in [4.69, 9.17) is 29.9 Å². The van der Waals surface area contributed by atoms with Gasteiger partial charge in [-0.05, 0) is 68.2 Å². The molecule has 0 fully saturated rings. The van der Waals surface area contributed by atoms with Crippen LogP contribution in [0.25, 0.3) is 89.7 Å². The Morgan fingerprint density at radius 2 is 0.647 bits per heavy atom. The maximum Gasteiger partial charge on any atom is 0.281 e. The second-order valence-corrected chi connectivity index (χ2v) is 21.3. The van der Waals surface area contributed by atoms with Gasteiger partial charge < -0.3 is 9.97 Å². The normalized spacial score (nSPS) is 12.9. The number of hydrogen-bond acceptors (Lipinski definition) is 14. The number of non-ortho nitro benzene ring substituents is 2. The summed E-state index contributed by atoms with van der Waals surface area (Å²) in [7, 11) is 0. The van der Waals surface area contributed by atoms with E-state index in [0.717, 1.165) is 0 Å². The van der Waals surface area contributed by atoms with Crippen molar-refractivity contribution in [3.8, 4) is 45.6 Å². The van der Waals surface area contributed by atoms with Gasteiger partial charge in [-0.1, -0.05) is 83.1 Å². The fourth-order valence-corrected chi connectivity index (χ4v) is 8.53. The van der Waals surface area contributed by atoms with Gasteiger partial charge in [-0.15, -0.1) is 0 Å². The van der Waals surface area contributed by atoms with Crippen molar-refractivity contribution in [3.63, 3.8) is 0 Å². The molecule has 0 unspecified atom stereocenters. The van der Waals surface area contributed by atoms with Crippen LogP contribution in [0.2, 0.25) is 0 Å². The molecular weight excluding hydrogens is 873 g/mol. The fraction of sp³-hybridized carbons (Fsp3) is 0.333. The van der Waals surface area contributed by atoms with E-state index in [2.05, 4.69) is 9.97 Å². The minimum Gasteiger partial charge on any atom is -0.324 e. The quantitative estimate of drug-likeness (QED) is 0.123. The van der Waals surface area contributed by atoms with Crippen LogP contribution < -0.4 is 0 Å². The number of nitrogens with one attached hydrogen (secondary N) is 2. The molecule has 7 aromatic rings. The van der Waals surface area contributed by atoms with Gasteiger partial charge in [0.25, 0.3) is 22.7 Å². The Morgan fingerprint density at radius 3 is 0.941 bits per heavy atom. The predicted molar refractivity (Wildman–Crippen MR) is 257 cm³/mol. The molecule has 20 heteroatoms. The van der Waals surface area contributed by atoms with E-state index in [0.29, 0.717) is 22.3 Å². The molecule has 8 bridgehead atoms. The van der Waals surface area contributed by atoms with Gasteiger partial charge in [-0.2, -0.15) is 0 Å². The third-order valence-corrected chi connectivity index (χ3v) is 12.4. The Morgan fingerprint density at radius 1 is 0.368 bits per heavy atom. The number of nitro benzene ring substituents is 4. The highest BCUT2D eigenvalue weighted by Gasteiger charge is 2.36. The predicted octanol–water partition coefficient (Wildman–Crippen LogP) is 11.7. The van der Waals surface area contributed by atoms with Gasteiger partial charge in [0.1, 0.15) is 44.5 Å². The van der Waals surface area contributed by atoms with Crippen LogP contribution in [-0.2, 0) is 21.7 Å². The van der Waals surface area contributed by atoms with Crippen molar-refractivity contribution in [2.45, 2.75) is 105 Å². The maximum absolute atomic E-state index is 13.1. The Bertz CT molecular complexity index is 3400. The first-order valence-electron chi connectivity index (χ1n) is 21.7. The van der Waals surface area contributed by atoms with Crippen LogP contribution in [0, 0.1) is 40.5 Å². The molecular formula is C48H46N12O8. The zero-order valence-corrected chi connectivity index (χ0v) is 39.4. The van der Waals surface area contributed by atoms with Crippen LogP contribution >= 0.6 is 0 Å². The van der Waals surface area contributed by atoms with E-state index in [1.165, 1.54) is 24.3 Å². The minimum atomic E-state index is -0.616. The summed E-state index contributed by atoms with van der Waals surface area (Å²) >= 11 is 0. The molecule has 0 atom stereocenters. The molecule has 0 spiro atoms. The number of rotatable bonds is 4. The van der Waals surface area contributed by atoms with E-state index in [1.54, 1.807) is 24.3 Å². The van der Waals surface area contributed by atoms with Crippen LogP contribution in [0.3, 0.4) is 0 Å². The molecule has 3 aromatic heterocycles. The summed E-state index contributed by atoms with van der Waals surface area (Å²) in [5, 5.41) is 52.8. The highest BCUT2D eigenvalue weighted by atomic mass is 16.6. The summed E-state index contributed by atoms with van der Waals surface area (Å²) in [6, 6.07) is 12.7. The Labute approximate surface area is 387 Å². The minimum absolute atomic E-state index is 0.0124. The van der Waals surface area contributed by atoms with Crippen LogP contribution in [0.5, 0.6) is 0 Å². The molecule has 0 saturated heterocycles. The lowest BCUT2D eigenvalue weighted by Crippen LogP contribution is -2.12. The highest BCUT2D eigenvalue weighted by Crippen LogP contribution is 2.47. The van der Waals surface area contributed by atoms with E-state index in [-0.39, 0.29) is 112 Å². The van der Waals surface area contributed by atoms with Crippen molar-refractivity contribution in [2.24, 2.45) is 0 Å². The van der Waals surface area contributed by atoms with E-state index < -0.39 is 41.4 Å². The van der Waals surface area contributed by atoms with E-state index in [1.807, 2.05) is 83.1 Å². The largest absolute Gasteiger partial charge is 0.324 e. The molecule has 4 aromatic carbocycles. The molecule has 0 saturated carbocycles. The second kappa shape index (κ2) is 14.7. The maximum atomic E-state index is 13.1. The van der Waals surface area contributed by atoms with Crippen molar-refractivity contribution < 1.29 is 19.7 Å². The molecule has 0 amide bonds. The summed E-state index contributed by atoms with van der Waals surface area (Å²) < 4.78 is 0. The number of aromatic amines is 2. The van der Waals surface area contributed by atoms with Gasteiger partial charge in [0.05, 0.1) is 19.7 Å². The van der Waals surface area contributed by atoms with Gasteiger partial charge >= 0.3 is 0 Å².